The second-order valence-corrected chi connectivity index (χ2v) is 9.51. The average molecular weight is 425 g/mol. The Morgan fingerprint density at radius 3 is 2.58 bits per heavy atom. The van der Waals surface area contributed by atoms with E-state index in [4.69, 9.17) is 4.74 Å². The maximum Gasteiger partial charge on any atom is 0.314 e. The predicted molar refractivity (Wildman–Crippen MR) is 114 cm³/mol. The fourth-order valence-electron chi connectivity index (χ4n) is 5.41. The topological polar surface area (TPSA) is 94.4 Å². The summed E-state index contributed by atoms with van der Waals surface area (Å²) >= 11 is 0. The van der Waals surface area contributed by atoms with E-state index in [2.05, 4.69) is 23.8 Å². The molecule has 0 bridgehead atoms. The number of nitrogens with zero attached hydrogens (tertiary/aromatic N) is 4. The molecule has 2 aromatic heterocycles. The highest BCUT2D eigenvalue weighted by molar-refractivity contribution is 5.96. The van der Waals surface area contributed by atoms with Crippen molar-refractivity contribution in [3.05, 3.63) is 57.5 Å². The Morgan fingerprint density at radius 2 is 1.97 bits per heavy atom. The molecule has 31 heavy (non-hydrogen) atoms. The predicted octanol–water partition coefficient (Wildman–Crippen LogP) is 1.96. The van der Waals surface area contributed by atoms with E-state index in [1.54, 1.807) is 36.5 Å². The van der Waals surface area contributed by atoms with E-state index in [1.807, 2.05) is 6.92 Å². The summed E-state index contributed by atoms with van der Waals surface area (Å²) in [7, 11) is 1.39. The van der Waals surface area contributed by atoms with Gasteiger partial charge in [-0.3, -0.25) is 24.4 Å². The van der Waals surface area contributed by atoms with E-state index in [1.165, 1.54) is 11.7 Å². The van der Waals surface area contributed by atoms with Gasteiger partial charge in [-0.15, -0.1) is 0 Å². The van der Waals surface area contributed by atoms with Crippen LogP contribution in [0.1, 0.15) is 47.6 Å². The first kappa shape index (κ1) is 21.2. The van der Waals surface area contributed by atoms with Crippen LogP contribution in [-0.2, 0) is 16.1 Å². The smallest absolute Gasteiger partial charge is 0.314 e. The lowest BCUT2D eigenvalue weighted by atomic mass is 9.48. The normalized spacial score (nSPS) is 23.8. The summed E-state index contributed by atoms with van der Waals surface area (Å²) < 4.78 is 6.55. The second-order valence-electron chi connectivity index (χ2n) is 9.51. The number of aromatic nitrogens is 3. The minimum Gasteiger partial charge on any atom is -0.469 e. The molecule has 2 aromatic rings. The van der Waals surface area contributed by atoms with Gasteiger partial charge in [0.2, 0.25) is 0 Å². The van der Waals surface area contributed by atoms with Crippen molar-refractivity contribution in [3.8, 4) is 0 Å². The van der Waals surface area contributed by atoms with Gasteiger partial charge >= 0.3 is 5.97 Å². The molecule has 0 radical (unpaired) electrons. The fraction of sp³-hybridized carbons (Fsp3) is 0.522. The highest BCUT2D eigenvalue weighted by Gasteiger charge is 2.68. The lowest BCUT2D eigenvalue weighted by Crippen LogP contribution is -2.57. The summed E-state index contributed by atoms with van der Waals surface area (Å²) in [5.41, 5.74) is 1.10. The van der Waals surface area contributed by atoms with Crippen molar-refractivity contribution >= 4 is 11.9 Å². The first-order valence-corrected chi connectivity index (χ1v) is 10.4. The SMILES string of the molecule is COC(=O)[C@@]12CN(C(=O)c3c(C)ccn(Cc4cnc(C)cn4)c3=O)C[C@@H]1C(C)(C)C2. The zero-order valence-electron chi connectivity index (χ0n) is 18.6. The van der Waals surface area contributed by atoms with Gasteiger partial charge < -0.3 is 14.2 Å². The largest absolute Gasteiger partial charge is 0.469 e. The Labute approximate surface area is 181 Å². The Morgan fingerprint density at radius 1 is 1.23 bits per heavy atom. The monoisotopic (exact) mass is 424 g/mol. The van der Waals surface area contributed by atoms with Gasteiger partial charge in [-0.2, -0.15) is 0 Å². The Bertz CT molecular complexity index is 1110. The number of esters is 1. The molecule has 1 aliphatic heterocycles. The standard InChI is InChI=1S/C23H28N4O4/c1-14-6-7-26(10-16-9-24-15(2)8-25-16)19(28)18(14)20(29)27-11-17-22(3,4)12-23(17,13-27)21(30)31-5/h6-9,17H,10-13H2,1-5H3/t17-,23+/m1/s1. The van der Waals surface area contributed by atoms with Gasteiger partial charge in [-0.05, 0) is 43.2 Å². The molecule has 1 saturated carbocycles. The first-order valence-electron chi connectivity index (χ1n) is 10.4. The maximum atomic E-state index is 13.5. The maximum absolute atomic E-state index is 13.5. The van der Waals surface area contributed by atoms with Crippen LogP contribution in [0, 0.1) is 30.6 Å². The van der Waals surface area contributed by atoms with Crippen LogP contribution >= 0.6 is 0 Å². The number of rotatable bonds is 4. The number of carbonyl (C=O) groups excluding carboxylic acids is 2. The van der Waals surface area contributed by atoms with Crippen molar-refractivity contribution in [1.29, 1.82) is 0 Å². The zero-order valence-corrected chi connectivity index (χ0v) is 18.6. The summed E-state index contributed by atoms with van der Waals surface area (Å²) in [6.07, 6.45) is 5.62. The van der Waals surface area contributed by atoms with Gasteiger partial charge in [0.25, 0.3) is 11.5 Å². The van der Waals surface area contributed by atoms with E-state index < -0.39 is 5.41 Å². The van der Waals surface area contributed by atoms with Gasteiger partial charge in [0.15, 0.2) is 0 Å². The molecule has 8 nitrogen and oxygen atoms in total. The molecule has 164 valence electrons. The molecule has 1 saturated heterocycles. The van der Waals surface area contributed by atoms with Gasteiger partial charge in [-0.25, -0.2) is 0 Å². The lowest BCUT2D eigenvalue weighted by molar-refractivity contribution is -0.174. The van der Waals surface area contributed by atoms with E-state index in [0.29, 0.717) is 24.2 Å². The van der Waals surface area contributed by atoms with Crippen molar-refractivity contribution < 1.29 is 14.3 Å². The van der Waals surface area contributed by atoms with E-state index >= 15 is 0 Å². The highest BCUT2D eigenvalue weighted by Crippen LogP contribution is 2.63. The van der Waals surface area contributed by atoms with Crippen LogP contribution in [0.15, 0.2) is 29.5 Å². The minimum atomic E-state index is -0.674. The number of fused-ring (bicyclic) bond motifs is 1. The molecule has 2 aliphatic rings. The number of likely N-dealkylation sites (tertiary alicyclic amines) is 1. The van der Waals surface area contributed by atoms with E-state index in [-0.39, 0.29) is 47.4 Å². The molecular weight excluding hydrogens is 396 g/mol. The number of ether oxygens (including phenoxy) is 1. The number of carbonyl (C=O) groups is 2. The number of methoxy groups -OCH3 is 1. The summed E-state index contributed by atoms with van der Waals surface area (Å²) in [4.78, 5) is 49.4. The zero-order chi connectivity index (χ0) is 22.6. The number of hydrogen-bond donors (Lipinski definition) is 0. The van der Waals surface area contributed by atoms with Gasteiger partial charge in [0.05, 0.1) is 36.7 Å². The Kier molecular flexibility index (Phi) is 4.98. The molecule has 4 rings (SSSR count). The average Bonchev–Trinajstić information content (AvgIpc) is 3.07. The quantitative estimate of drug-likeness (QED) is 0.697. The van der Waals surface area contributed by atoms with Crippen LogP contribution in [0.5, 0.6) is 0 Å². The molecule has 3 heterocycles. The van der Waals surface area contributed by atoms with Crippen molar-refractivity contribution in [1.82, 2.24) is 19.4 Å². The summed E-state index contributed by atoms with van der Waals surface area (Å²) in [5, 5.41) is 0. The van der Waals surface area contributed by atoms with Crippen molar-refractivity contribution in [2.75, 3.05) is 20.2 Å². The minimum absolute atomic E-state index is 0.0190. The number of hydrogen-bond acceptors (Lipinski definition) is 6. The van der Waals surface area contributed by atoms with Gasteiger partial charge in [0.1, 0.15) is 5.56 Å². The van der Waals surface area contributed by atoms with Crippen LogP contribution in [0.3, 0.4) is 0 Å². The Hall–Kier alpha value is -3.03. The summed E-state index contributed by atoms with van der Waals surface area (Å²) in [5.74, 6) is -0.585. The third kappa shape index (κ3) is 3.34. The fourth-order valence-corrected chi connectivity index (χ4v) is 5.41. The molecule has 0 unspecified atom stereocenters. The third-order valence-electron chi connectivity index (χ3n) is 6.89. The molecular formula is C23H28N4O4. The van der Waals surface area contributed by atoms with E-state index in [9.17, 15) is 14.4 Å². The van der Waals surface area contributed by atoms with Crippen LogP contribution in [-0.4, -0.2) is 51.5 Å². The van der Waals surface area contributed by atoms with Crippen LogP contribution < -0.4 is 5.56 Å². The summed E-state index contributed by atoms with van der Waals surface area (Å²) in [6.45, 7) is 8.77. The molecule has 1 amide bonds. The van der Waals surface area contributed by atoms with Crippen LogP contribution in [0.4, 0.5) is 0 Å². The number of pyridine rings is 1. The van der Waals surface area contributed by atoms with Crippen LogP contribution in [0.2, 0.25) is 0 Å². The van der Waals surface area contributed by atoms with Gasteiger partial charge in [-0.1, -0.05) is 13.8 Å². The summed E-state index contributed by atoms with van der Waals surface area (Å²) in [6, 6.07) is 1.76. The molecule has 8 heteroatoms. The number of aryl methyl sites for hydroxylation is 2. The molecule has 1 aliphatic carbocycles. The highest BCUT2D eigenvalue weighted by atomic mass is 16.5. The third-order valence-corrected chi connectivity index (χ3v) is 6.89. The molecule has 0 aromatic carbocycles. The Balaban J connectivity index is 1.64. The van der Waals surface area contributed by atoms with Crippen molar-refractivity contribution in [2.45, 2.75) is 40.7 Å². The molecule has 2 atom stereocenters. The van der Waals surface area contributed by atoms with Crippen molar-refractivity contribution in [3.63, 3.8) is 0 Å². The van der Waals surface area contributed by atoms with E-state index in [0.717, 1.165) is 5.69 Å². The molecule has 0 spiro atoms. The molecule has 0 N–H and O–H groups in total. The number of amides is 1. The second kappa shape index (κ2) is 7.28. The lowest BCUT2D eigenvalue weighted by Gasteiger charge is -2.54. The molecule has 2 fully saturated rings. The van der Waals surface area contributed by atoms with Crippen molar-refractivity contribution in [2.24, 2.45) is 16.7 Å². The van der Waals surface area contributed by atoms with Crippen LogP contribution in [0.25, 0.3) is 0 Å². The van der Waals surface area contributed by atoms with Gasteiger partial charge in [0, 0.05) is 25.5 Å². The first-order chi connectivity index (χ1) is 14.6.